The van der Waals surface area contributed by atoms with Gasteiger partial charge in [-0.2, -0.15) is 0 Å². The Hall–Kier alpha value is -2.71. The molecule has 3 aromatic carbocycles. The second kappa shape index (κ2) is 5.65. The van der Waals surface area contributed by atoms with Crippen molar-refractivity contribution < 1.29 is 4.57 Å². The van der Waals surface area contributed by atoms with E-state index in [1.807, 2.05) is 11.3 Å². The minimum atomic E-state index is 1.30. The summed E-state index contributed by atoms with van der Waals surface area (Å²) in [6, 6.07) is 22.3. The van der Waals surface area contributed by atoms with Crippen molar-refractivity contribution in [3.05, 3.63) is 78.0 Å². The summed E-state index contributed by atoms with van der Waals surface area (Å²) in [4.78, 5) is 0. The standard InChI is InChI=1S/C24H20NS/c1-15-8-9-19(16(2)12-15)24-23-20-13-17-6-4-5-7-18(17)14-22(20)26-21(23)10-11-25(24)3/h4-14H,1-3H3/q+1. The highest BCUT2D eigenvalue weighted by Gasteiger charge is 2.21. The van der Waals surface area contributed by atoms with Crippen LogP contribution in [0.1, 0.15) is 11.1 Å². The maximum Gasteiger partial charge on any atom is 0.221 e. The van der Waals surface area contributed by atoms with E-state index < -0.39 is 0 Å². The average Bonchev–Trinajstić information content (AvgIpc) is 2.98. The summed E-state index contributed by atoms with van der Waals surface area (Å²) in [7, 11) is 2.15. The molecule has 26 heavy (non-hydrogen) atoms. The topological polar surface area (TPSA) is 3.88 Å². The smallest absolute Gasteiger partial charge is 0.200 e. The number of aromatic nitrogens is 1. The number of benzene rings is 3. The first-order chi connectivity index (χ1) is 12.6. The summed E-state index contributed by atoms with van der Waals surface area (Å²) in [5.41, 5.74) is 5.26. The first-order valence-corrected chi connectivity index (χ1v) is 9.75. The lowest BCUT2D eigenvalue weighted by molar-refractivity contribution is -0.659. The van der Waals surface area contributed by atoms with Crippen LogP contribution in [0.15, 0.2) is 66.9 Å². The molecule has 5 rings (SSSR count). The highest BCUT2D eigenvalue weighted by molar-refractivity contribution is 7.26. The minimum absolute atomic E-state index is 1.30. The third-order valence-corrected chi connectivity index (χ3v) is 6.38. The lowest BCUT2D eigenvalue weighted by Gasteiger charge is -2.07. The summed E-state index contributed by atoms with van der Waals surface area (Å²) < 4.78 is 4.97. The number of aryl methyl sites for hydroxylation is 3. The third-order valence-electron chi connectivity index (χ3n) is 5.26. The Morgan fingerprint density at radius 2 is 1.58 bits per heavy atom. The lowest BCUT2D eigenvalue weighted by Crippen LogP contribution is -2.30. The van der Waals surface area contributed by atoms with Crippen LogP contribution in [0.25, 0.3) is 42.2 Å². The van der Waals surface area contributed by atoms with Crippen molar-refractivity contribution in [1.29, 1.82) is 0 Å². The summed E-state index contributed by atoms with van der Waals surface area (Å²) in [6.07, 6.45) is 2.19. The Balaban J connectivity index is 1.96. The van der Waals surface area contributed by atoms with Gasteiger partial charge in [0.05, 0.1) is 5.39 Å². The van der Waals surface area contributed by atoms with E-state index in [1.54, 1.807) is 0 Å². The van der Waals surface area contributed by atoms with Gasteiger partial charge in [-0.3, -0.25) is 0 Å². The average molecular weight is 354 g/mol. The fourth-order valence-corrected chi connectivity index (χ4v) is 5.13. The molecule has 0 saturated carbocycles. The van der Waals surface area contributed by atoms with Crippen molar-refractivity contribution in [2.75, 3.05) is 0 Å². The summed E-state index contributed by atoms with van der Waals surface area (Å²) >= 11 is 1.89. The predicted octanol–water partition coefficient (Wildman–Crippen LogP) is 6.32. The van der Waals surface area contributed by atoms with Gasteiger partial charge in [-0.15, -0.1) is 11.3 Å². The quantitative estimate of drug-likeness (QED) is 0.310. The van der Waals surface area contributed by atoms with E-state index in [0.29, 0.717) is 0 Å². The molecule has 5 aromatic rings. The largest absolute Gasteiger partial charge is 0.221 e. The molecule has 0 amide bonds. The number of hydrogen-bond donors (Lipinski definition) is 0. The van der Waals surface area contributed by atoms with Crippen molar-refractivity contribution in [1.82, 2.24) is 0 Å². The van der Waals surface area contributed by atoms with Crippen LogP contribution in [0.4, 0.5) is 0 Å². The van der Waals surface area contributed by atoms with Crippen LogP contribution in [0.5, 0.6) is 0 Å². The van der Waals surface area contributed by atoms with Crippen molar-refractivity contribution in [2.24, 2.45) is 7.05 Å². The van der Waals surface area contributed by atoms with Crippen molar-refractivity contribution >= 4 is 42.3 Å². The van der Waals surface area contributed by atoms with E-state index in [9.17, 15) is 0 Å². The van der Waals surface area contributed by atoms with Gasteiger partial charge >= 0.3 is 0 Å². The molecule has 0 aliphatic carbocycles. The maximum atomic E-state index is 2.36. The van der Waals surface area contributed by atoms with Crippen LogP contribution in [-0.4, -0.2) is 0 Å². The molecule has 0 aliphatic rings. The summed E-state index contributed by atoms with van der Waals surface area (Å²) in [5.74, 6) is 0. The second-order valence-corrected chi connectivity index (χ2v) is 8.21. The van der Waals surface area contributed by atoms with Gasteiger partial charge < -0.3 is 0 Å². The van der Waals surface area contributed by atoms with E-state index in [2.05, 4.69) is 92.3 Å². The van der Waals surface area contributed by atoms with Gasteiger partial charge in [0.1, 0.15) is 7.05 Å². The van der Waals surface area contributed by atoms with E-state index in [4.69, 9.17) is 0 Å². The first kappa shape index (κ1) is 15.5. The molecular weight excluding hydrogens is 334 g/mol. The zero-order valence-corrected chi connectivity index (χ0v) is 16.0. The van der Waals surface area contributed by atoms with Gasteiger partial charge in [0, 0.05) is 26.4 Å². The minimum Gasteiger partial charge on any atom is -0.200 e. The monoisotopic (exact) mass is 354 g/mol. The molecule has 0 N–H and O–H groups in total. The number of thiophene rings is 1. The van der Waals surface area contributed by atoms with Crippen LogP contribution in [0.3, 0.4) is 0 Å². The number of hydrogen-bond acceptors (Lipinski definition) is 1. The van der Waals surface area contributed by atoms with Gasteiger partial charge in [0.15, 0.2) is 6.20 Å². The normalized spacial score (nSPS) is 11.7. The Morgan fingerprint density at radius 3 is 2.35 bits per heavy atom. The molecule has 0 saturated heterocycles. The van der Waals surface area contributed by atoms with E-state index in [1.165, 1.54) is 53.3 Å². The van der Waals surface area contributed by atoms with Crippen LogP contribution in [0.2, 0.25) is 0 Å². The summed E-state index contributed by atoms with van der Waals surface area (Å²) in [5, 5.41) is 5.34. The van der Waals surface area contributed by atoms with E-state index in [-0.39, 0.29) is 0 Å². The molecule has 0 spiro atoms. The van der Waals surface area contributed by atoms with Gasteiger partial charge in [-0.05, 0) is 48.4 Å². The lowest BCUT2D eigenvalue weighted by atomic mass is 9.98. The highest BCUT2D eigenvalue weighted by atomic mass is 32.1. The third kappa shape index (κ3) is 2.26. The summed E-state index contributed by atoms with van der Waals surface area (Å²) in [6.45, 7) is 4.37. The van der Waals surface area contributed by atoms with Gasteiger partial charge in [0.25, 0.3) is 0 Å². The molecular formula is C24H20NS+. The number of fused-ring (bicyclic) bond motifs is 4. The Labute approximate surface area is 157 Å². The van der Waals surface area contributed by atoms with Crippen molar-refractivity contribution in [2.45, 2.75) is 13.8 Å². The maximum absolute atomic E-state index is 2.36. The fourth-order valence-electron chi connectivity index (χ4n) is 4.00. The Bertz CT molecular complexity index is 1310. The van der Waals surface area contributed by atoms with E-state index in [0.717, 1.165) is 0 Å². The van der Waals surface area contributed by atoms with Crippen LogP contribution >= 0.6 is 11.3 Å². The van der Waals surface area contributed by atoms with Crippen molar-refractivity contribution in [3.63, 3.8) is 0 Å². The fraction of sp³-hybridized carbons (Fsp3) is 0.125. The van der Waals surface area contributed by atoms with Crippen LogP contribution in [-0.2, 0) is 7.05 Å². The number of rotatable bonds is 1. The molecule has 0 fully saturated rings. The van der Waals surface area contributed by atoms with Crippen LogP contribution in [0, 0.1) is 13.8 Å². The van der Waals surface area contributed by atoms with Crippen LogP contribution < -0.4 is 4.57 Å². The zero-order chi connectivity index (χ0) is 17.8. The molecule has 1 nitrogen and oxygen atoms in total. The SMILES string of the molecule is Cc1ccc(-c2c3c(cc[n+]2C)sc2cc4ccccc4cc23)c(C)c1. The highest BCUT2D eigenvalue weighted by Crippen LogP contribution is 2.40. The van der Waals surface area contributed by atoms with E-state index >= 15 is 0 Å². The molecule has 126 valence electrons. The first-order valence-electron chi connectivity index (χ1n) is 8.93. The molecule has 0 unspecified atom stereocenters. The Morgan fingerprint density at radius 1 is 0.808 bits per heavy atom. The molecule has 2 aromatic heterocycles. The predicted molar refractivity (Wildman–Crippen MR) is 113 cm³/mol. The molecule has 2 heterocycles. The molecule has 0 aliphatic heterocycles. The zero-order valence-electron chi connectivity index (χ0n) is 15.2. The van der Waals surface area contributed by atoms with Gasteiger partial charge in [-0.1, -0.05) is 42.0 Å². The number of pyridine rings is 1. The molecule has 0 atom stereocenters. The van der Waals surface area contributed by atoms with Crippen molar-refractivity contribution in [3.8, 4) is 11.3 Å². The number of nitrogens with zero attached hydrogens (tertiary/aromatic N) is 1. The molecule has 2 heteroatoms. The molecule has 0 bridgehead atoms. The van der Waals surface area contributed by atoms with Gasteiger partial charge in [0.2, 0.25) is 5.69 Å². The Kier molecular flexibility index (Phi) is 3.38. The van der Waals surface area contributed by atoms with Gasteiger partial charge in [-0.25, -0.2) is 4.57 Å². The molecule has 0 radical (unpaired) electrons. The second-order valence-electron chi connectivity index (χ2n) is 7.13.